The van der Waals surface area contributed by atoms with E-state index in [0.29, 0.717) is 6.04 Å². The summed E-state index contributed by atoms with van der Waals surface area (Å²) in [5.41, 5.74) is 6.26. The van der Waals surface area contributed by atoms with Crippen molar-refractivity contribution in [2.24, 2.45) is 0 Å². The summed E-state index contributed by atoms with van der Waals surface area (Å²) in [5, 5.41) is 8.11. The van der Waals surface area contributed by atoms with Crippen molar-refractivity contribution in [3.63, 3.8) is 0 Å². The Labute approximate surface area is 128 Å². The minimum Gasteiger partial charge on any atom is -0.310 e. The van der Waals surface area contributed by atoms with Crippen molar-refractivity contribution in [3.05, 3.63) is 41.2 Å². The first-order valence-electron chi connectivity index (χ1n) is 7.89. The molecule has 0 atom stereocenters. The second kappa shape index (κ2) is 6.90. The number of aromatic nitrogens is 2. The van der Waals surface area contributed by atoms with Gasteiger partial charge in [0.05, 0.1) is 5.69 Å². The van der Waals surface area contributed by atoms with E-state index in [4.69, 9.17) is 0 Å². The monoisotopic (exact) mass is 285 g/mol. The molecule has 0 bridgehead atoms. The molecule has 0 aliphatic heterocycles. The summed E-state index contributed by atoms with van der Waals surface area (Å²) < 4.78 is 2.12. The van der Waals surface area contributed by atoms with E-state index in [1.807, 2.05) is 0 Å². The molecule has 1 heterocycles. The normalized spacial score (nSPS) is 11.3. The van der Waals surface area contributed by atoms with Gasteiger partial charge in [0.25, 0.3) is 0 Å². The number of aryl methyl sites for hydroxylation is 2. The Hall–Kier alpha value is -1.61. The zero-order valence-electron chi connectivity index (χ0n) is 13.9. The lowest BCUT2D eigenvalue weighted by Crippen LogP contribution is -2.21. The van der Waals surface area contributed by atoms with E-state index < -0.39 is 0 Å². The van der Waals surface area contributed by atoms with Crippen LogP contribution in [0.4, 0.5) is 0 Å². The maximum Gasteiger partial charge on any atom is 0.0674 e. The third-order valence-corrected chi connectivity index (χ3v) is 3.77. The Morgan fingerprint density at radius 3 is 2.38 bits per heavy atom. The predicted octanol–water partition coefficient (Wildman–Crippen LogP) is 4.07. The van der Waals surface area contributed by atoms with Gasteiger partial charge in [-0.3, -0.25) is 4.68 Å². The van der Waals surface area contributed by atoms with Crippen LogP contribution in [-0.2, 0) is 13.1 Å². The molecular weight excluding hydrogens is 258 g/mol. The number of nitrogens with zero attached hydrogens (tertiary/aromatic N) is 2. The fourth-order valence-corrected chi connectivity index (χ4v) is 2.66. The standard InChI is InChI=1S/C18H27N3/c1-6-11-21-15(5)18(14(4)20-21)17-9-7-16(8-10-17)12-19-13(2)3/h7-10,13,19H,6,11-12H2,1-5H3. The van der Waals surface area contributed by atoms with Gasteiger partial charge >= 0.3 is 0 Å². The van der Waals surface area contributed by atoms with Crippen LogP contribution in [0.15, 0.2) is 24.3 Å². The predicted molar refractivity (Wildman–Crippen MR) is 89.4 cm³/mol. The number of rotatable bonds is 6. The van der Waals surface area contributed by atoms with Crippen LogP contribution < -0.4 is 5.32 Å². The van der Waals surface area contributed by atoms with Crippen LogP contribution in [0.3, 0.4) is 0 Å². The molecule has 0 unspecified atom stereocenters. The minimum absolute atomic E-state index is 0.515. The van der Waals surface area contributed by atoms with Crippen molar-refractivity contribution in [2.45, 2.75) is 60.2 Å². The third kappa shape index (κ3) is 3.73. The number of hydrogen-bond donors (Lipinski definition) is 1. The van der Waals surface area contributed by atoms with E-state index in [0.717, 1.165) is 25.2 Å². The van der Waals surface area contributed by atoms with Gasteiger partial charge in [-0.25, -0.2) is 0 Å². The van der Waals surface area contributed by atoms with E-state index in [1.165, 1.54) is 22.4 Å². The van der Waals surface area contributed by atoms with Gasteiger partial charge in [-0.05, 0) is 31.4 Å². The number of nitrogens with one attached hydrogen (secondary N) is 1. The molecule has 2 rings (SSSR count). The number of benzene rings is 1. The molecule has 0 fully saturated rings. The smallest absolute Gasteiger partial charge is 0.0674 e. The Bertz CT molecular complexity index is 579. The second-order valence-corrected chi connectivity index (χ2v) is 6.00. The van der Waals surface area contributed by atoms with Gasteiger partial charge in [0.1, 0.15) is 0 Å². The zero-order chi connectivity index (χ0) is 15.4. The summed E-state index contributed by atoms with van der Waals surface area (Å²) >= 11 is 0. The molecule has 0 aliphatic carbocycles. The van der Waals surface area contributed by atoms with Crippen LogP contribution in [0.2, 0.25) is 0 Å². The Balaban J connectivity index is 2.22. The first-order valence-corrected chi connectivity index (χ1v) is 7.89. The molecule has 114 valence electrons. The summed E-state index contributed by atoms with van der Waals surface area (Å²) in [6, 6.07) is 9.36. The quantitative estimate of drug-likeness (QED) is 0.867. The fraction of sp³-hybridized carbons (Fsp3) is 0.500. The lowest BCUT2D eigenvalue weighted by atomic mass is 10.0. The van der Waals surface area contributed by atoms with Crippen molar-refractivity contribution < 1.29 is 0 Å². The molecule has 1 N–H and O–H groups in total. The minimum atomic E-state index is 0.515. The molecular formula is C18H27N3. The lowest BCUT2D eigenvalue weighted by Gasteiger charge is -2.09. The van der Waals surface area contributed by atoms with Gasteiger partial charge < -0.3 is 5.32 Å². The molecule has 1 aromatic heterocycles. The highest BCUT2D eigenvalue weighted by molar-refractivity contribution is 5.68. The summed E-state index contributed by atoms with van der Waals surface area (Å²) in [5.74, 6) is 0. The zero-order valence-corrected chi connectivity index (χ0v) is 13.9. The Morgan fingerprint density at radius 1 is 1.14 bits per heavy atom. The molecule has 0 radical (unpaired) electrons. The van der Waals surface area contributed by atoms with Gasteiger partial charge in [0.2, 0.25) is 0 Å². The van der Waals surface area contributed by atoms with Crippen molar-refractivity contribution in [3.8, 4) is 11.1 Å². The highest BCUT2D eigenvalue weighted by Gasteiger charge is 2.12. The van der Waals surface area contributed by atoms with Gasteiger partial charge in [0, 0.05) is 30.4 Å². The summed E-state index contributed by atoms with van der Waals surface area (Å²) in [6.07, 6.45) is 1.11. The van der Waals surface area contributed by atoms with Crippen LogP contribution >= 0.6 is 0 Å². The van der Waals surface area contributed by atoms with Crippen LogP contribution in [0.1, 0.15) is 44.1 Å². The highest BCUT2D eigenvalue weighted by Crippen LogP contribution is 2.27. The van der Waals surface area contributed by atoms with Gasteiger partial charge in [-0.15, -0.1) is 0 Å². The van der Waals surface area contributed by atoms with E-state index >= 15 is 0 Å². The first kappa shape index (κ1) is 15.8. The molecule has 21 heavy (non-hydrogen) atoms. The maximum atomic E-state index is 4.66. The SMILES string of the molecule is CCCn1nc(C)c(-c2ccc(CNC(C)C)cc2)c1C. The van der Waals surface area contributed by atoms with Gasteiger partial charge in [-0.2, -0.15) is 5.10 Å². The average Bonchev–Trinajstić information content (AvgIpc) is 2.72. The average molecular weight is 285 g/mol. The lowest BCUT2D eigenvalue weighted by molar-refractivity contribution is 0.583. The van der Waals surface area contributed by atoms with Crippen molar-refractivity contribution in [1.82, 2.24) is 15.1 Å². The highest BCUT2D eigenvalue weighted by atomic mass is 15.3. The Kier molecular flexibility index (Phi) is 5.18. The molecule has 0 aliphatic rings. The Morgan fingerprint density at radius 2 is 1.81 bits per heavy atom. The molecule has 0 spiro atoms. The summed E-state index contributed by atoms with van der Waals surface area (Å²) in [4.78, 5) is 0. The van der Waals surface area contributed by atoms with E-state index in [9.17, 15) is 0 Å². The topological polar surface area (TPSA) is 29.9 Å². The van der Waals surface area contributed by atoms with Crippen LogP contribution in [0, 0.1) is 13.8 Å². The van der Waals surface area contributed by atoms with E-state index in [2.05, 4.69) is 74.0 Å². The van der Waals surface area contributed by atoms with Crippen LogP contribution in [-0.4, -0.2) is 15.8 Å². The van der Waals surface area contributed by atoms with Crippen molar-refractivity contribution in [2.75, 3.05) is 0 Å². The first-order chi connectivity index (χ1) is 10.0. The largest absolute Gasteiger partial charge is 0.310 e. The van der Waals surface area contributed by atoms with Gasteiger partial charge in [-0.1, -0.05) is 45.0 Å². The van der Waals surface area contributed by atoms with Crippen LogP contribution in [0.5, 0.6) is 0 Å². The summed E-state index contributed by atoms with van der Waals surface area (Å²) in [6.45, 7) is 12.7. The van der Waals surface area contributed by atoms with E-state index in [1.54, 1.807) is 0 Å². The van der Waals surface area contributed by atoms with E-state index in [-0.39, 0.29) is 0 Å². The molecule has 0 saturated heterocycles. The third-order valence-electron chi connectivity index (χ3n) is 3.77. The molecule has 3 nitrogen and oxygen atoms in total. The van der Waals surface area contributed by atoms with Gasteiger partial charge in [0.15, 0.2) is 0 Å². The fourth-order valence-electron chi connectivity index (χ4n) is 2.66. The van der Waals surface area contributed by atoms with Crippen molar-refractivity contribution in [1.29, 1.82) is 0 Å². The molecule has 0 amide bonds. The summed E-state index contributed by atoms with van der Waals surface area (Å²) in [7, 11) is 0. The second-order valence-electron chi connectivity index (χ2n) is 6.00. The maximum absolute atomic E-state index is 4.66. The molecule has 1 aromatic carbocycles. The molecule has 0 saturated carbocycles. The number of hydrogen-bond acceptors (Lipinski definition) is 2. The van der Waals surface area contributed by atoms with Crippen LogP contribution in [0.25, 0.3) is 11.1 Å². The molecule has 3 heteroatoms. The molecule has 2 aromatic rings. The van der Waals surface area contributed by atoms with Crippen molar-refractivity contribution >= 4 is 0 Å².